The number of nitrogens with one attached hydrogen (secondary N) is 1. The lowest BCUT2D eigenvalue weighted by atomic mass is 9.49. The number of imide groups is 2. The zero-order chi connectivity index (χ0) is 35.1. The van der Waals surface area contributed by atoms with E-state index in [0.29, 0.717) is 27.5 Å². The van der Waals surface area contributed by atoms with Crippen molar-refractivity contribution in [2.45, 2.75) is 24.2 Å². The number of hydrogen-bond acceptors (Lipinski definition) is 6. The third-order valence-corrected chi connectivity index (χ3v) is 11.9. The molecule has 8 nitrogen and oxygen atoms in total. The first kappa shape index (κ1) is 32.9. The number of hydrazine groups is 1. The molecule has 8 rings (SSSR count). The highest BCUT2D eigenvalue weighted by atomic mass is 127. The lowest BCUT2D eigenvalue weighted by Crippen LogP contribution is -2.53. The standard InChI is InChI=1S/C38H27Cl2FIN3O5/c39-20-3-1-19(2-4-20)38-30(35(48)45(37(38)50)43-23-9-5-21(41)6-10-23)18-29-26(33(38)27-14-13-25(46)17-31(27)40)15-16-28-32(29)36(49)44(34(28)47)24-11-7-22(42)8-12-24/h1-15,17,28-30,32-33,43,46H,16,18H2. The Hall–Kier alpha value is -4.26. The molecule has 12 heteroatoms. The van der Waals surface area contributed by atoms with Crippen molar-refractivity contribution in [1.82, 2.24) is 5.01 Å². The maximum atomic E-state index is 15.2. The number of phenolic OH excluding ortho intramolecular Hbond substituents is 1. The largest absolute Gasteiger partial charge is 0.508 e. The molecule has 6 unspecified atom stereocenters. The number of anilines is 2. The molecule has 2 N–H and O–H groups in total. The average Bonchev–Trinajstić information content (AvgIpc) is 3.47. The zero-order valence-corrected chi connectivity index (χ0v) is 29.7. The van der Waals surface area contributed by atoms with Crippen LogP contribution < -0.4 is 10.3 Å². The van der Waals surface area contributed by atoms with Crippen LogP contribution in [-0.4, -0.2) is 33.7 Å². The van der Waals surface area contributed by atoms with Crippen LogP contribution in [0.5, 0.6) is 5.75 Å². The van der Waals surface area contributed by atoms with Crippen LogP contribution in [0.3, 0.4) is 0 Å². The van der Waals surface area contributed by atoms with Gasteiger partial charge >= 0.3 is 0 Å². The second kappa shape index (κ2) is 12.2. The fourth-order valence-corrected chi connectivity index (χ4v) is 9.36. The summed E-state index contributed by atoms with van der Waals surface area (Å²) in [7, 11) is 0. The van der Waals surface area contributed by atoms with Gasteiger partial charge in [0.25, 0.3) is 11.8 Å². The Balaban J connectivity index is 1.33. The molecule has 4 aliphatic rings. The van der Waals surface area contributed by atoms with E-state index in [-0.39, 0.29) is 35.4 Å². The number of benzene rings is 4. The van der Waals surface area contributed by atoms with Gasteiger partial charge in [0, 0.05) is 19.5 Å². The highest BCUT2D eigenvalue weighted by molar-refractivity contribution is 14.1. The lowest BCUT2D eigenvalue weighted by molar-refractivity contribution is -0.138. The molecular formula is C38H27Cl2FIN3O5. The van der Waals surface area contributed by atoms with Crippen LogP contribution >= 0.6 is 45.8 Å². The Morgan fingerprint density at radius 3 is 2.22 bits per heavy atom. The van der Waals surface area contributed by atoms with Crippen LogP contribution in [0.1, 0.15) is 29.9 Å². The van der Waals surface area contributed by atoms with Crippen molar-refractivity contribution in [3.8, 4) is 5.75 Å². The van der Waals surface area contributed by atoms with Gasteiger partial charge in [-0.3, -0.25) is 29.5 Å². The number of carbonyl (C=O) groups is 4. The zero-order valence-electron chi connectivity index (χ0n) is 26.0. The number of halogens is 4. The van der Waals surface area contributed by atoms with E-state index in [4.69, 9.17) is 23.2 Å². The van der Waals surface area contributed by atoms with Crippen molar-refractivity contribution in [2.75, 3.05) is 10.3 Å². The Kier molecular flexibility index (Phi) is 8.04. The highest BCUT2D eigenvalue weighted by Crippen LogP contribution is 2.65. The molecular weight excluding hydrogens is 795 g/mol. The predicted octanol–water partition coefficient (Wildman–Crippen LogP) is 7.63. The van der Waals surface area contributed by atoms with Crippen LogP contribution in [0.2, 0.25) is 10.0 Å². The lowest BCUT2D eigenvalue weighted by Gasteiger charge is -2.50. The summed E-state index contributed by atoms with van der Waals surface area (Å²) in [6.45, 7) is 0. The summed E-state index contributed by atoms with van der Waals surface area (Å²) >= 11 is 15.4. The van der Waals surface area contributed by atoms with E-state index in [2.05, 4.69) is 28.0 Å². The minimum Gasteiger partial charge on any atom is -0.508 e. The van der Waals surface area contributed by atoms with E-state index in [0.717, 1.165) is 14.2 Å². The van der Waals surface area contributed by atoms with Crippen molar-refractivity contribution in [1.29, 1.82) is 0 Å². The van der Waals surface area contributed by atoms with Crippen LogP contribution in [0, 0.1) is 33.1 Å². The molecule has 4 aromatic carbocycles. The van der Waals surface area contributed by atoms with E-state index in [1.54, 1.807) is 42.5 Å². The minimum atomic E-state index is -1.58. The Labute approximate surface area is 310 Å². The number of amides is 4. The molecule has 0 bridgehead atoms. The van der Waals surface area contributed by atoms with Gasteiger partial charge in [-0.15, -0.1) is 0 Å². The van der Waals surface area contributed by atoms with Gasteiger partial charge in [0.15, 0.2) is 0 Å². The monoisotopic (exact) mass is 821 g/mol. The summed E-state index contributed by atoms with van der Waals surface area (Å²) in [6.07, 6.45) is 2.27. The predicted molar refractivity (Wildman–Crippen MR) is 194 cm³/mol. The first-order chi connectivity index (χ1) is 24.0. The third-order valence-electron chi connectivity index (χ3n) is 10.6. The topological polar surface area (TPSA) is 107 Å². The molecule has 0 aromatic heterocycles. The number of fused-ring (bicyclic) bond motifs is 4. The molecule has 2 aliphatic heterocycles. The van der Waals surface area contributed by atoms with Gasteiger partial charge in [0.1, 0.15) is 11.6 Å². The maximum Gasteiger partial charge on any atom is 0.260 e. The van der Waals surface area contributed by atoms with Crippen molar-refractivity contribution < 1.29 is 28.7 Å². The van der Waals surface area contributed by atoms with Gasteiger partial charge in [-0.25, -0.2) is 4.39 Å². The van der Waals surface area contributed by atoms with Crippen LogP contribution in [0.4, 0.5) is 15.8 Å². The van der Waals surface area contributed by atoms with E-state index in [1.807, 2.05) is 18.2 Å². The number of nitrogens with zero attached hydrogens (tertiary/aromatic N) is 2. The Morgan fingerprint density at radius 1 is 0.840 bits per heavy atom. The number of rotatable bonds is 5. The Morgan fingerprint density at radius 2 is 1.54 bits per heavy atom. The second-order valence-electron chi connectivity index (χ2n) is 13.1. The molecule has 4 amide bonds. The number of hydrogen-bond donors (Lipinski definition) is 2. The SMILES string of the molecule is O=C1C2CC3C(=CCC4C(=O)N(c5ccc(I)cc5)C(=O)C43)C(c3ccc(O)cc3Cl)C2(c2ccc(Cl)cc2)C(=O)N1Nc1ccc(F)cc1. The van der Waals surface area contributed by atoms with E-state index in [1.165, 1.54) is 41.3 Å². The molecule has 3 fully saturated rings. The molecule has 6 atom stereocenters. The van der Waals surface area contributed by atoms with Gasteiger partial charge in [0.2, 0.25) is 11.8 Å². The van der Waals surface area contributed by atoms with E-state index < -0.39 is 52.6 Å². The summed E-state index contributed by atoms with van der Waals surface area (Å²) < 4.78 is 14.8. The van der Waals surface area contributed by atoms with Gasteiger partial charge in [0.05, 0.1) is 34.5 Å². The van der Waals surface area contributed by atoms with Crippen LogP contribution in [0.15, 0.2) is 103 Å². The molecule has 4 aromatic rings. The highest BCUT2D eigenvalue weighted by Gasteiger charge is 2.70. The number of phenols is 1. The van der Waals surface area contributed by atoms with Crippen LogP contribution in [-0.2, 0) is 24.6 Å². The molecule has 252 valence electrons. The normalized spacial score (nSPS) is 27.2. The molecule has 2 saturated heterocycles. The molecule has 2 aliphatic carbocycles. The quantitative estimate of drug-likeness (QED) is 0.122. The minimum absolute atomic E-state index is 0.0842. The van der Waals surface area contributed by atoms with Crippen LogP contribution in [0.25, 0.3) is 0 Å². The summed E-state index contributed by atoms with van der Waals surface area (Å²) in [5.41, 5.74) is 3.85. The first-order valence-corrected chi connectivity index (χ1v) is 17.8. The van der Waals surface area contributed by atoms with Crippen molar-refractivity contribution in [2.24, 2.45) is 23.7 Å². The molecule has 0 radical (unpaired) electrons. The third kappa shape index (κ3) is 4.90. The average molecular weight is 822 g/mol. The number of aromatic hydroxyl groups is 1. The van der Waals surface area contributed by atoms with Gasteiger partial charge in [-0.1, -0.05) is 53.1 Å². The van der Waals surface area contributed by atoms with Gasteiger partial charge in [-0.2, -0.15) is 5.01 Å². The fourth-order valence-electron chi connectivity index (χ4n) is 8.59. The van der Waals surface area contributed by atoms with Crippen molar-refractivity contribution in [3.63, 3.8) is 0 Å². The van der Waals surface area contributed by atoms with Gasteiger partial charge in [-0.05, 0) is 125 Å². The maximum absolute atomic E-state index is 15.2. The summed E-state index contributed by atoms with van der Waals surface area (Å²) in [6, 6.07) is 23.7. The van der Waals surface area contributed by atoms with E-state index >= 15 is 4.79 Å². The van der Waals surface area contributed by atoms with Crippen molar-refractivity contribution in [3.05, 3.63) is 133 Å². The summed E-state index contributed by atoms with van der Waals surface area (Å²) in [5, 5.41) is 11.9. The number of allylic oxidation sites excluding steroid dienone is 2. The van der Waals surface area contributed by atoms with E-state index in [9.17, 15) is 23.9 Å². The molecule has 50 heavy (non-hydrogen) atoms. The molecule has 0 spiro atoms. The molecule has 1 saturated carbocycles. The second-order valence-corrected chi connectivity index (χ2v) is 15.2. The first-order valence-electron chi connectivity index (χ1n) is 16.0. The number of carbonyl (C=O) groups excluding carboxylic acids is 4. The summed E-state index contributed by atoms with van der Waals surface area (Å²) in [4.78, 5) is 59.4. The summed E-state index contributed by atoms with van der Waals surface area (Å²) in [5.74, 6) is -6.28. The fraction of sp³-hybridized carbons (Fsp3) is 0.211. The Bertz CT molecular complexity index is 2130. The molecule has 2 heterocycles. The van der Waals surface area contributed by atoms with Gasteiger partial charge < -0.3 is 5.11 Å². The van der Waals surface area contributed by atoms with Crippen molar-refractivity contribution >= 4 is 80.8 Å². The smallest absolute Gasteiger partial charge is 0.260 e.